The van der Waals surface area contributed by atoms with Crippen molar-refractivity contribution in [1.82, 2.24) is 4.98 Å². The Morgan fingerprint density at radius 1 is 1.44 bits per heavy atom. The number of ether oxygens (including phenoxy) is 1. The van der Waals surface area contributed by atoms with Crippen molar-refractivity contribution in [1.29, 1.82) is 5.41 Å². The van der Waals surface area contributed by atoms with Gasteiger partial charge in [-0.15, -0.1) is 0 Å². The average molecular weight is 219 g/mol. The van der Waals surface area contributed by atoms with Gasteiger partial charge in [-0.05, 0) is 30.9 Å². The molecule has 1 aromatic rings. The molecule has 0 unspecified atom stereocenters. The van der Waals surface area contributed by atoms with Crippen LogP contribution in [0, 0.1) is 11.3 Å². The van der Waals surface area contributed by atoms with Crippen molar-refractivity contribution in [3.8, 4) is 5.75 Å². The van der Waals surface area contributed by atoms with E-state index < -0.39 is 0 Å². The van der Waals surface area contributed by atoms with Crippen molar-refractivity contribution >= 4 is 5.84 Å². The summed E-state index contributed by atoms with van der Waals surface area (Å²) in [5.74, 6) is 1.45. The quantitative estimate of drug-likeness (QED) is 0.600. The molecule has 1 aromatic heterocycles. The first kappa shape index (κ1) is 10.9. The third-order valence-electron chi connectivity index (χ3n) is 2.97. The third-order valence-corrected chi connectivity index (χ3v) is 2.97. The monoisotopic (exact) mass is 219 g/mol. The van der Waals surface area contributed by atoms with Crippen molar-refractivity contribution < 1.29 is 4.74 Å². The van der Waals surface area contributed by atoms with Gasteiger partial charge in [0.15, 0.2) is 0 Å². The highest BCUT2D eigenvalue weighted by Crippen LogP contribution is 2.25. The predicted molar refractivity (Wildman–Crippen MR) is 62.7 cm³/mol. The molecule has 0 spiro atoms. The number of nitrogens with zero attached hydrogens (tertiary/aromatic N) is 1. The number of rotatable bonds is 4. The first-order valence-corrected chi connectivity index (χ1v) is 5.69. The zero-order valence-electron chi connectivity index (χ0n) is 9.28. The molecule has 86 valence electrons. The van der Waals surface area contributed by atoms with E-state index in [1.807, 2.05) is 6.07 Å². The first-order valence-electron chi connectivity index (χ1n) is 5.69. The Labute approximate surface area is 95.3 Å². The van der Waals surface area contributed by atoms with Crippen molar-refractivity contribution in [3.05, 3.63) is 24.0 Å². The fourth-order valence-corrected chi connectivity index (χ4v) is 2.02. The van der Waals surface area contributed by atoms with Gasteiger partial charge in [-0.2, -0.15) is 0 Å². The van der Waals surface area contributed by atoms with Gasteiger partial charge >= 0.3 is 0 Å². The number of nitrogens with one attached hydrogen (secondary N) is 1. The second-order valence-electron chi connectivity index (χ2n) is 4.25. The van der Waals surface area contributed by atoms with E-state index in [0.29, 0.717) is 11.6 Å². The molecule has 1 aliphatic rings. The standard InChI is InChI=1S/C12H17N3O/c13-12(14)11-6-5-10(7-15-11)16-8-9-3-1-2-4-9/h5-7,9H,1-4,8H2,(H3,13,14). The van der Waals surface area contributed by atoms with E-state index in [1.54, 1.807) is 12.3 Å². The van der Waals surface area contributed by atoms with E-state index in [-0.39, 0.29) is 5.84 Å². The van der Waals surface area contributed by atoms with Crippen molar-refractivity contribution in [2.75, 3.05) is 6.61 Å². The number of hydrogen-bond acceptors (Lipinski definition) is 3. The van der Waals surface area contributed by atoms with Crippen LogP contribution in [0.1, 0.15) is 31.4 Å². The zero-order valence-corrected chi connectivity index (χ0v) is 9.28. The molecule has 0 amide bonds. The highest BCUT2D eigenvalue weighted by atomic mass is 16.5. The Bertz CT molecular complexity index is 355. The maximum absolute atomic E-state index is 7.22. The predicted octanol–water partition coefficient (Wildman–Crippen LogP) is 1.93. The number of hydrogen-bond donors (Lipinski definition) is 2. The molecule has 3 N–H and O–H groups in total. The molecule has 1 heterocycles. The number of nitrogen functional groups attached to an aromatic ring is 1. The van der Waals surface area contributed by atoms with Gasteiger partial charge in [-0.25, -0.2) is 4.98 Å². The minimum atomic E-state index is -0.0117. The molecule has 4 heteroatoms. The second-order valence-corrected chi connectivity index (χ2v) is 4.25. The molecular weight excluding hydrogens is 202 g/mol. The maximum atomic E-state index is 7.22. The van der Waals surface area contributed by atoms with Gasteiger partial charge in [0.05, 0.1) is 12.8 Å². The molecule has 1 aliphatic carbocycles. The zero-order chi connectivity index (χ0) is 11.4. The van der Waals surface area contributed by atoms with Crippen LogP contribution in [-0.2, 0) is 0 Å². The summed E-state index contributed by atoms with van der Waals surface area (Å²) in [6, 6.07) is 3.53. The summed E-state index contributed by atoms with van der Waals surface area (Å²) in [4.78, 5) is 4.05. The van der Waals surface area contributed by atoms with Gasteiger partial charge in [0, 0.05) is 0 Å². The minimum Gasteiger partial charge on any atom is -0.492 e. The second kappa shape index (κ2) is 4.96. The summed E-state index contributed by atoms with van der Waals surface area (Å²) >= 11 is 0. The Hall–Kier alpha value is -1.58. The minimum absolute atomic E-state index is 0.0117. The topological polar surface area (TPSA) is 72.0 Å². The Morgan fingerprint density at radius 3 is 2.75 bits per heavy atom. The fraction of sp³-hybridized carbons (Fsp3) is 0.500. The van der Waals surface area contributed by atoms with E-state index in [4.69, 9.17) is 15.9 Å². The van der Waals surface area contributed by atoms with Crippen molar-refractivity contribution in [2.45, 2.75) is 25.7 Å². The van der Waals surface area contributed by atoms with Crippen LogP contribution in [0.25, 0.3) is 0 Å². The first-order chi connectivity index (χ1) is 7.75. The van der Waals surface area contributed by atoms with Gasteiger partial charge in [0.1, 0.15) is 17.3 Å². The van der Waals surface area contributed by atoms with Crippen molar-refractivity contribution in [2.24, 2.45) is 11.7 Å². The Kier molecular flexibility index (Phi) is 3.39. The highest BCUT2D eigenvalue weighted by Gasteiger charge is 2.15. The number of nitrogens with two attached hydrogens (primary N) is 1. The van der Waals surface area contributed by atoms with Crippen LogP contribution in [0.2, 0.25) is 0 Å². The van der Waals surface area contributed by atoms with Gasteiger partial charge in [0.25, 0.3) is 0 Å². The molecule has 0 radical (unpaired) electrons. The van der Waals surface area contributed by atoms with Crippen LogP contribution in [0.4, 0.5) is 0 Å². The third kappa shape index (κ3) is 2.72. The van der Waals surface area contributed by atoms with E-state index in [0.717, 1.165) is 12.4 Å². The average Bonchev–Trinajstić information content (AvgIpc) is 2.80. The summed E-state index contributed by atoms with van der Waals surface area (Å²) in [6.07, 6.45) is 6.84. The van der Waals surface area contributed by atoms with Crippen LogP contribution < -0.4 is 10.5 Å². The Balaban J connectivity index is 1.87. The summed E-state index contributed by atoms with van der Waals surface area (Å²) in [5.41, 5.74) is 5.81. The van der Waals surface area contributed by atoms with Gasteiger partial charge in [-0.1, -0.05) is 12.8 Å². The molecule has 0 atom stereocenters. The molecule has 0 bridgehead atoms. The SMILES string of the molecule is N=C(N)c1ccc(OCC2CCCC2)cn1. The number of aromatic nitrogens is 1. The lowest BCUT2D eigenvalue weighted by Gasteiger charge is -2.11. The smallest absolute Gasteiger partial charge is 0.141 e. The molecule has 4 nitrogen and oxygen atoms in total. The van der Waals surface area contributed by atoms with Crippen LogP contribution in [0.15, 0.2) is 18.3 Å². The fourth-order valence-electron chi connectivity index (χ4n) is 2.02. The summed E-state index contributed by atoms with van der Waals surface area (Å²) in [6.45, 7) is 0.779. The highest BCUT2D eigenvalue weighted by molar-refractivity contribution is 5.92. The van der Waals surface area contributed by atoms with Crippen molar-refractivity contribution in [3.63, 3.8) is 0 Å². The molecule has 0 aliphatic heterocycles. The lowest BCUT2D eigenvalue weighted by atomic mass is 10.1. The van der Waals surface area contributed by atoms with Crippen LogP contribution >= 0.6 is 0 Å². The summed E-state index contributed by atoms with van der Waals surface area (Å²) < 4.78 is 5.65. The largest absolute Gasteiger partial charge is 0.492 e. The molecule has 16 heavy (non-hydrogen) atoms. The molecule has 1 fully saturated rings. The Morgan fingerprint density at radius 2 is 2.19 bits per heavy atom. The van der Waals surface area contributed by atoms with Gasteiger partial charge in [-0.3, -0.25) is 5.41 Å². The number of pyridine rings is 1. The van der Waals surface area contributed by atoms with Crippen LogP contribution in [-0.4, -0.2) is 17.4 Å². The summed E-state index contributed by atoms with van der Waals surface area (Å²) in [7, 11) is 0. The molecular formula is C12H17N3O. The lowest BCUT2D eigenvalue weighted by Crippen LogP contribution is -2.13. The van der Waals surface area contributed by atoms with E-state index >= 15 is 0 Å². The maximum Gasteiger partial charge on any atom is 0.141 e. The lowest BCUT2D eigenvalue weighted by molar-refractivity contribution is 0.251. The molecule has 0 saturated heterocycles. The van der Waals surface area contributed by atoms with Crippen LogP contribution in [0.5, 0.6) is 5.75 Å². The van der Waals surface area contributed by atoms with E-state index in [1.165, 1.54) is 25.7 Å². The summed E-state index contributed by atoms with van der Waals surface area (Å²) in [5, 5.41) is 7.22. The molecule has 2 rings (SSSR count). The van der Waals surface area contributed by atoms with Crippen LogP contribution in [0.3, 0.4) is 0 Å². The normalized spacial score (nSPS) is 16.2. The van der Waals surface area contributed by atoms with E-state index in [2.05, 4.69) is 4.98 Å². The van der Waals surface area contributed by atoms with Gasteiger partial charge < -0.3 is 10.5 Å². The molecule has 1 saturated carbocycles. The molecule has 0 aromatic carbocycles. The van der Waals surface area contributed by atoms with Gasteiger partial charge in [0.2, 0.25) is 0 Å². The number of amidine groups is 1. The van der Waals surface area contributed by atoms with E-state index in [9.17, 15) is 0 Å².